The van der Waals surface area contributed by atoms with Crippen LogP contribution < -0.4 is 0 Å². The van der Waals surface area contributed by atoms with Gasteiger partial charge in [-0.05, 0) is 6.92 Å². The molecule has 44 valence electrons. The van der Waals surface area contributed by atoms with E-state index in [0.29, 0.717) is 0 Å². The summed E-state index contributed by atoms with van der Waals surface area (Å²) < 4.78 is 5.22. The minimum absolute atomic E-state index is 0.358. The van der Waals surface area contributed by atoms with E-state index < -0.39 is 0 Å². The Morgan fingerprint density at radius 2 is 2.50 bits per heavy atom. The van der Waals surface area contributed by atoms with Crippen molar-refractivity contribution in [3.05, 3.63) is 0 Å². The largest absolute Gasteiger partial charge is 0.383 e. The monoisotopic (exact) mass is 128 g/mol. The average molecular weight is 128 g/mol. The van der Waals surface area contributed by atoms with Crippen molar-refractivity contribution in [3.63, 3.8) is 0 Å². The third-order valence-electron chi connectivity index (χ3n) is 1.05. The summed E-state index contributed by atoms with van der Waals surface area (Å²) in [7, 11) is 5.63. The van der Waals surface area contributed by atoms with Crippen molar-refractivity contribution >= 4 is 19.6 Å². The van der Waals surface area contributed by atoms with Crippen LogP contribution in [-0.4, -0.2) is 31.5 Å². The Kier molecular flexibility index (Phi) is 1.88. The van der Waals surface area contributed by atoms with Crippen LogP contribution in [0.5, 0.6) is 0 Å². The highest BCUT2D eigenvalue weighted by Gasteiger charge is 2.20. The summed E-state index contributed by atoms with van der Waals surface area (Å²) in [6, 6.07) is 0. The van der Waals surface area contributed by atoms with Crippen molar-refractivity contribution in [2.75, 3.05) is 18.1 Å². The zero-order chi connectivity index (χ0) is 6.04. The van der Waals surface area contributed by atoms with Gasteiger partial charge in [0.25, 0.3) is 0 Å². The minimum Gasteiger partial charge on any atom is -0.383 e. The van der Waals surface area contributed by atoms with Crippen LogP contribution in [0.1, 0.15) is 6.92 Å². The van der Waals surface area contributed by atoms with Gasteiger partial charge in [-0.2, -0.15) is 11.8 Å². The highest BCUT2D eigenvalue weighted by Crippen LogP contribution is 2.18. The van der Waals surface area contributed by atoms with Gasteiger partial charge in [-0.25, -0.2) is 0 Å². The molecule has 1 fully saturated rings. The Morgan fingerprint density at radius 1 is 1.75 bits per heavy atom. The second-order valence-corrected chi connectivity index (χ2v) is 3.32. The Bertz CT molecular complexity index is 76.5. The summed E-state index contributed by atoms with van der Waals surface area (Å²) >= 11 is 1.85. The van der Waals surface area contributed by atoms with Crippen molar-refractivity contribution in [1.82, 2.24) is 0 Å². The average Bonchev–Trinajstić information content (AvgIpc) is 1.65. The summed E-state index contributed by atoms with van der Waals surface area (Å²) in [4.78, 5) is 0. The zero-order valence-corrected chi connectivity index (χ0v) is 5.83. The highest BCUT2D eigenvalue weighted by atomic mass is 32.2. The van der Waals surface area contributed by atoms with Gasteiger partial charge in [0.2, 0.25) is 0 Å². The standard InChI is InChI=1S/C5H9BOS/c1-5(6)4-8-3-2-7-5/h2-4H2,1H3. The molecular weight excluding hydrogens is 119 g/mol. The number of hydrogen-bond donors (Lipinski definition) is 0. The minimum atomic E-state index is -0.358. The predicted octanol–water partition coefficient (Wildman–Crippen LogP) is 0.634. The molecule has 0 amide bonds. The van der Waals surface area contributed by atoms with Crippen molar-refractivity contribution in [2.45, 2.75) is 12.4 Å². The third kappa shape index (κ3) is 1.71. The van der Waals surface area contributed by atoms with E-state index in [1.165, 1.54) is 0 Å². The normalized spacial score (nSPS) is 39.6. The van der Waals surface area contributed by atoms with E-state index in [-0.39, 0.29) is 5.50 Å². The van der Waals surface area contributed by atoms with Gasteiger partial charge < -0.3 is 4.74 Å². The highest BCUT2D eigenvalue weighted by molar-refractivity contribution is 7.99. The Balaban J connectivity index is 2.33. The molecule has 0 spiro atoms. The smallest absolute Gasteiger partial charge is 0.114 e. The molecule has 0 saturated carbocycles. The first kappa shape index (κ1) is 6.49. The van der Waals surface area contributed by atoms with Gasteiger partial charge in [-0.1, -0.05) is 0 Å². The number of rotatable bonds is 0. The third-order valence-corrected chi connectivity index (χ3v) is 2.28. The summed E-state index contributed by atoms with van der Waals surface area (Å²) in [5, 5.41) is 0. The molecule has 0 bridgehead atoms. The topological polar surface area (TPSA) is 9.23 Å². The van der Waals surface area contributed by atoms with Crippen LogP contribution in [0.3, 0.4) is 0 Å². The molecule has 8 heavy (non-hydrogen) atoms. The molecule has 0 N–H and O–H groups in total. The van der Waals surface area contributed by atoms with Crippen molar-refractivity contribution in [3.8, 4) is 0 Å². The van der Waals surface area contributed by atoms with Crippen LogP contribution in [-0.2, 0) is 4.74 Å². The zero-order valence-electron chi connectivity index (χ0n) is 5.02. The van der Waals surface area contributed by atoms with Crippen LogP contribution >= 0.6 is 11.8 Å². The van der Waals surface area contributed by atoms with E-state index in [9.17, 15) is 0 Å². The van der Waals surface area contributed by atoms with Crippen molar-refractivity contribution in [2.24, 2.45) is 0 Å². The second kappa shape index (κ2) is 2.32. The molecule has 0 aromatic carbocycles. The molecule has 1 saturated heterocycles. The quantitative estimate of drug-likeness (QED) is 0.442. The van der Waals surface area contributed by atoms with E-state index in [4.69, 9.17) is 12.6 Å². The summed E-state index contributed by atoms with van der Waals surface area (Å²) in [6.45, 7) is 2.72. The first-order valence-electron chi connectivity index (χ1n) is 2.71. The van der Waals surface area contributed by atoms with Crippen LogP contribution in [0.15, 0.2) is 0 Å². The van der Waals surface area contributed by atoms with Gasteiger partial charge in [-0.15, -0.1) is 0 Å². The van der Waals surface area contributed by atoms with E-state index in [1.807, 2.05) is 18.7 Å². The van der Waals surface area contributed by atoms with E-state index in [2.05, 4.69) is 0 Å². The van der Waals surface area contributed by atoms with E-state index in [0.717, 1.165) is 18.1 Å². The maximum Gasteiger partial charge on any atom is 0.114 e. The Morgan fingerprint density at radius 3 is 2.75 bits per heavy atom. The van der Waals surface area contributed by atoms with Gasteiger partial charge in [-0.3, -0.25) is 0 Å². The maximum atomic E-state index is 5.63. The van der Waals surface area contributed by atoms with Crippen LogP contribution in [0.25, 0.3) is 0 Å². The number of hydrogen-bond acceptors (Lipinski definition) is 2. The first-order chi connectivity index (χ1) is 3.71. The number of ether oxygens (including phenoxy) is 1. The van der Waals surface area contributed by atoms with Gasteiger partial charge in [0.1, 0.15) is 7.85 Å². The van der Waals surface area contributed by atoms with Gasteiger partial charge in [0.15, 0.2) is 0 Å². The molecule has 0 aliphatic carbocycles. The molecule has 1 rings (SSSR count). The molecule has 0 aromatic rings. The molecule has 3 heteroatoms. The summed E-state index contributed by atoms with van der Waals surface area (Å²) in [6.07, 6.45) is 0. The van der Waals surface area contributed by atoms with Gasteiger partial charge in [0.05, 0.1) is 6.61 Å². The SMILES string of the molecule is [B]C1(C)CSCCO1. The molecule has 1 aliphatic heterocycles. The van der Waals surface area contributed by atoms with Gasteiger partial charge >= 0.3 is 0 Å². The summed E-state index contributed by atoms with van der Waals surface area (Å²) in [5.41, 5.74) is -0.358. The first-order valence-corrected chi connectivity index (χ1v) is 3.87. The molecule has 1 atom stereocenters. The van der Waals surface area contributed by atoms with Crippen LogP contribution in [0.2, 0.25) is 0 Å². The Hall–Kier alpha value is 0.375. The molecule has 1 aliphatic rings. The molecule has 2 radical (unpaired) electrons. The predicted molar refractivity (Wildman–Crippen MR) is 37.4 cm³/mol. The maximum absolute atomic E-state index is 5.63. The van der Waals surface area contributed by atoms with Crippen molar-refractivity contribution < 1.29 is 4.74 Å². The van der Waals surface area contributed by atoms with Crippen LogP contribution in [0, 0.1) is 0 Å². The number of thioether (sulfide) groups is 1. The fraction of sp³-hybridized carbons (Fsp3) is 1.00. The molecular formula is C5H9BOS. The molecule has 1 heterocycles. The fourth-order valence-electron chi connectivity index (χ4n) is 0.650. The molecule has 1 unspecified atom stereocenters. The Labute approximate surface area is 55.6 Å². The van der Waals surface area contributed by atoms with E-state index in [1.54, 1.807) is 0 Å². The molecule has 0 aromatic heterocycles. The van der Waals surface area contributed by atoms with E-state index >= 15 is 0 Å². The van der Waals surface area contributed by atoms with Gasteiger partial charge in [0, 0.05) is 17.0 Å². The van der Waals surface area contributed by atoms with Crippen LogP contribution in [0.4, 0.5) is 0 Å². The second-order valence-electron chi connectivity index (χ2n) is 2.21. The summed E-state index contributed by atoms with van der Waals surface area (Å²) in [5.74, 6) is 2.01. The fourth-order valence-corrected chi connectivity index (χ4v) is 1.48. The lowest BCUT2D eigenvalue weighted by Crippen LogP contribution is -2.36. The lowest BCUT2D eigenvalue weighted by atomic mass is 9.85. The lowest BCUT2D eigenvalue weighted by Gasteiger charge is -2.29. The van der Waals surface area contributed by atoms with Crippen molar-refractivity contribution in [1.29, 1.82) is 0 Å². The lowest BCUT2D eigenvalue weighted by molar-refractivity contribution is 0.0550. The molecule has 1 nitrogen and oxygen atoms in total.